The zero-order valence-corrected chi connectivity index (χ0v) is 14.5. The molecular formula is C21H22N2O3. The van der Waals surface area contributed by atoms with Crippen molar-refractivity contribution >= 4 is 5.91 Å². The molecule has 0 bridgehead atoms. The molecule has 0 aliphatic carbocycles. The Balaban J connectivity index is 1.79. The van der Waals surface area contributed by atoms with E-state index >= 15 is 0 Å². The van der Waals surface area contributed by atoms with Crippen LogP contribution in [0.5, 0.6) is 0 Å². The predicted octanol–water partition coefficient (Wildman–Crippen LogP) is 2.60. The Labute approximate surface area is 153 Å². The fraction of sp³-hybridized carbons (Fsp3) is 0.333. The van der Waals surface area contributed by atoms with Gasteiger partial charge in [0.2, 0.25) is 0 Å². The molecule has 1 amide bonds. The molecule has 0 aromatic heterocycles. The molecule has 134 valence electrons. The monoisotopic (exact) mass is 350 g/mol. The van der Waals surface area contributed by atoms with E-state index in [-0.39, 0.29) is 18.4 Å². The van der Waals surface area contributed by atoms with Gasteiger partial charge in [0, 0.05) is 18.8 Å². The zero-order valence-electron chi connectivity index (χ0n) is 14.5. The van der Waals surface area contributed by atoms with Crippen molar-refractivity contribution in [3.63, 3.8) is 0 Å². The second kappa shape index (κ2) is 8.13. The summed E-state index contributed by atoms with van der Waals surface area (Å²) in [5.41, 5.74) is 0.470. The van der Waals surface area contributed by atoms with Crippen molar-refractivity contribution in [3.05, 3.63) is 71.3 Å². The highest BCUT2D eigenvalue weighted by Gasteiger charge is 2.39. The van der Waals surface area contributed by atoms with Crippen molar-refractivity contribution in [1.82, 2.24) is 5.32 Å². The molecule has 5 nitrogen and oxygen atoms in total. The van der Waals surface area contributed by atoms with Crippen LogP contribution in [-0.2, 0) is 10.3 Å². The highest BCUT2D eigenvalue weighted by molar-refractivity contribution is 5.94. The van der Waals surface area contributed by atoms with Gasteiger partial charge < -0.3 is 15.2 Å². The summed E-state index contributed by atoms with van der Waals surface area (Å²) >= 11 is 0. The van der Waals surface area contributed by atoms with E-state index in [9.17, 15) is 9.90 Å². The van der Waals surface area contributed by atoms with Crippen molar-refractivity contribution in [2.24, 2.45) is 5.92 Å². The van der Waals surface area contributed by atoms with Gasteiger partial charge in [0.25, 0.3) is 5.91 Å². The van der Waals surface area contributed by atoms with Gasteiger partial charge in [-0.1, -0.05) is 36.4 Å². The van der Waals surface area contributed by atoms with Gasteiger partial charge in [0.15, 0.2) is 0 Å². The van der Waals surface area contributed by atoms with Gasteiger partial charge in [-0.25, -0.2) is 0 Å². The molecule has 3 rings (SSSR count). The predicted molar refractivity (Wildman–Crippen MR) is 97.4 cm³/mol. The summed E-state index contributed by atoms with van der Waals surface area (Å²) in [6, 6.07) is 18.0. The van der Waals surface area contributed by atoms with Gasteiger partial charge in [-0.3, -0.25) is 4.79 Å². The lowest BCUT2D eigenvalue weighted by atomic mass is 9.77. The number of rotatable bonds is 5. The summed E-state index contributed by atoms with van der Waals surface area (Å²) in [4.78, 5) is 12.5. The second-order valence-electron chi connectivity index (χ2n) is 6.55. The fourth-order valence-electron chi connectivity index (χ4n) is 3.43. The molecule has 2 aromatic carbocycles. The molecule has 2 aromatic rings. The molecule has 1 heterocycles. The molecule has 1 atom stereocenters. The second-order valence-corrected chi connectivity index (χ2v) is 6.55. The van der Waals surface area contributed by atoms with Crippen LogP contribution in [0.4, 0.5) is 0 Å². The van der Waals surface area contributed by atoms with E-state index in [1.54, 1.807) is 24.3 Å². The topological polar surface area (TPSA) is 82.4 Å². The van der Waals surface area contributed by atoms with Gasteiger partial charge in [-0.05, 0) is 42.5 Å². The number of ether oxygens (including phenoxy) is 1. The Kier molecular flexibility index (Phi) is 5.67. The number of hydrogen-bond acceptors (Lipinski definition) is 4. The number of amides is 1. The average Bonchev–Trinajstić information content (AvgIpc) is 2.73. The summed E-state index contributed by atoms with van der Waals surface area (Å²) in [7, 11) is 0. The lowest BCUT2D eigenvalue weighted by Gasteiger charge is -2.39. The summed E-state index contributed by atoms with van der Waals surface area (Å²) in [6.07, 6.45) is 1.48. The van der Waals surface area contributed by atoms with Crippen LogP contribution < -0.4 is 5.32 Å². The van der Waals surface area contributed by atoms with Gasteiger partial charge in [0.1, 0.15) is 5.60 Å². The van der Waals surface area contributed by atoms with Crippen molar-refractivity contribution in [1.29, 1.82) is 5.26 Å². The Morgan fingerprint density at radius 2 is 1.92 bits per heavy atom. The molecular weight excluding hydrogens is 328 g/mol. The molecule has 1 saturated heterocycles. The van der Waals surface area contributed by atoms with Crippen molar-refractivity contribution in [3.8, 4) is 6.07 Å². The van der Waals surface area contributed by atoms with Gasteiger partial charge >= 0.3 is 0 Å². The van der Waals surface area contributed by atoms with Crippen LogP contribution in [0.15, 0.2) is 54.6 Å². The molecule has 0 radical (unpaired) electrons. The lowest BCUT2D eigenvalue weighted by molar-refractivity contribution is -0.0680. The third-order valence-corrected chi connectivity index (χ3v) is 4.94. The Morgan fingerprint density at radius 3 is 2.62 bits per heavy atom. The third kappa shape index (κ3) is 3.93. The third-order valence-electron chi connectivity index (χ3n) is 4.94. The summed E-state index contributed by atoms with van der Waals surface area (Å²) in [5.74, 6) is -0.298. The molecule has 5 heteroatoms. The van der Waals surface area contributed by atoms with E-state index in [0.717, 1.165) is 18.4 Å². The van der Waals surface area contributed by atoms with Crippen LogP contribution in [0.3, 0.4) is 0 Å². The van der Waals surface area contributed by atoms with Crippen LogP contribution in [0.1, 0.15) is 34.3 Å². The van der Waals surface area contributed by atoms with E-state index in [1.807, 2.05) is 36.4 Å². The number of carbonyl (C=O) groups excluding carboxylic acids is 1. The van der Waals surface area contributed by atoms with Crippen LogP contribution in [0, 0.1) is 17.2 Å². The standard InChI is InChI=1S/C21H22N2O3/c22-14-16-5-4-6-17(13-16)20(24)23-15-21(25,18-7-2-1-3-8-18)19-9-11-26-12-10-19/h1-8,13,19,25H,9-12,15H2,(H,23,24)/t21-/m0/s1. The molecule has 1 fully saturated rings. The normalized spacial score (nSPS) is 17.1. The number of hydrogen-bond donors (Lipinski definition) is 2. The van der Waals surface area contributed by atoms with Crippen molar-refractivity contribution in [2.45, 2.75) is 18.4 Å². The van der Waals surface area contributed by atoms with E-state index < -0.39 is 5.60 Å². The minimum Gasteiger partial charge on any atom is -0.383 e. The maximum atomic E-state index is 12.5. The molecule has 26 heavy (non-hydrogen) atoms. The highest BCUT2D eigenvalue weighted by atomic mass is 16.5. The minimum atomic E-state index is -1.16. The van der Waals surface area contributed by atoms with Crippen molar-refractivity contribution in [2.75, 3.05) is 19.8 Å². The average molecular weight is 350 g/mol. The smallest absolute Gasteiger partial charge is 0.251 e. The Bertz CT molecular complexity index is 794. The maximum Gasteiger partial charge on any atom is 0.251 e. The van der Waals surface area contributed by atoms with Crippen LogP contribution in [0.25, 0.3) is 0 Å². The number of benzene rings is 2. The molecule has 0 spiro atoms. The maximum absolute atomic E-state index is 12.5. The number of aliphatic hydroxyl groups is 1. The Hall–Kier alpha value is -2.68. The first-order chi connectivity index (χ1) is 12.6. The molecule has 0 unspecified atom stereocenters. The number of nitriles is 1. The van der Waals surface area contributed by atoms with E-state index in [1.165, 1.54) is 0 Å². The number of nitrogens with one attached hydrogen (secondary N) is 1. The van der Waals surface area contributed by atoms with Crippen LogP contribution in [-0.4, -0.2) is 30.8 Å². The van der Waals surface area contributed by atoms with Crippen molar-refractivity contribution < 1.29 is 14.6 Å². The first-order valence-corrected chi connectivity index (χ1v) is 8.77. The SMILES string of the molecule is N#Cc1cccc(C(=O)NC[C@](O)(c2ccccc2)C2CCOCC2)c1. The number of carbonyl (C=O) groups is 1. The van der Waals surface area contributed by atoms with E-state index in [4.69, 9.17) is 10.00 Å². The largest absolute Gasteiger partial charge is 0.383 e. The van der Waals surface area contributed by atoms with E-state index in [2.05, 4.69) is 5.32 Å². The van der Waals surface area contributed by atoms with Gasteiger partial charge in [0.05, 0.1) is 18.2 Å². The molecule has 2 N–H and O–H groups in total. The summed E-state index contributed by atoms with van der Waals surface area (Å²) < 4.78 is 5.42. The summed E-state index contributed by atoms with van der Waals surface area (Å²) in [6.45, 7) is 1.33. The van der Waals surface area contributed by atoms with Gasteiger partial charge in [-0.2, -0.15) is 5.26 Å². The zero-order chi connectivity index (χ0) is 18.4. The summed E-state index contributed by atoms with van der Waals surface area (Å²) in [5, 5.41) is 23.3. The quantitative estimate of drug-likeness (QED) is 0.868. The fourth-order valence-corrected chi connectivity index (χ4v) is 3.43. The van der Waals surface area contributed by atoms with Crippen LogP contribution in [0.2, 0.25) is 0 Å². The molecule has 0 saturated carbocycles. The minimum absolute atomic E-state index is 0.00407. The number of nitrogens with zero attached hydrogens (tertiary/aromatic N) is 1. The first-order valence-electron chi connectivity index (χ1n) is 8.77. The first kappa shape index (κ1) is 18.1. The van der Waals surface area contributed by atoms with Gasteiger partial charge in [-0.15, -0.1) is 0 Å². The molecule has 1 aliphatic heterocycles. The van der Waals surface area contributed by atoms with Crippen LogP contribution >= 0.6 is 0 Å². The highest BCUT2D eigenvalue weighted by Crippen LogP contribution is 2.35. The lowest BCUT2D eigenvalue weighted by Crippen LogP contribution is -2.47. The van der Waals surface area contributed by atoms with E-state index in [0.29, 0.717) is 24.3 Å². The molecule has 1 aliphatic rings. The Morgan fingerprint density at radius 1 is 1.19 bits per heavy atom.